The second kappa shape index (κ2) is 5.05. The molecule has 1 aliphatic rings. The molecule has 1 saturated heterocycles. The first-order valence-electron chi connectivity index (χ1n) is 5.69. The summed E-state index contributed by atoms with van der Waals surface area (Å²) in [6, 6.07) is 0.515. The van der Waals surface area contributed by atoms with Crippen molar-refractivity contribution in [1.82, 2.24) is 9.88 Å². The van der Waals surface area contributed by atoms with E-state index in [0.717, 1.165) is 13.1 Å². The molecule has 2 N–H and O–H groups in total. The van der Waals surface area contributed by atoms with Crippen LogP contribution in [0.3, 0.4) is 0 Å². The third-order valence-electron chi connectivity index (χ3n) is 3.31. The molecule has 0 radical (unpaired) electrons. The number of likely N-dealkylation sites (tertiary alicyclic amines) is 1. The van der Waals surface area contributed by atoms with Crippen molar-refractivity contribution in [2.75, 3.05) is 19.6 Å². The monoisotopic (exact) mass is 225 g/mol. The third kappa shape index (κ3) is 2.22. The molecule has 1 aromatic rings. The SMILES string of the molecule is CCN1CCCC(CN)C1c1cncs1. The summed E-state index contributed by atoms with van der Waals surface area (Å²) in [6.07, 6.45) is 4.55. The molecular formula is C11H19N3S. The molecule has 2 rings (SSSR count). The molecule has 1 aromatic heterocycles. The number of hydrogen-bond acceptors (Lipinski definition) is 4. The van der Waals surface area contributed by atoms with Gasteiger partial charge in [0, 0.05) is 17.1 Å². The van der Waals surface area contributed by atoms with Crippen LogP contribution in [0.25, 0.3) is 0 Å². The zero-order chi connectivity index (χ0) is 10.7. The minimum absolute atomic E-state index is 0.515. The van der Waals surface area contributed by atoms with Crippen LogP contribution in [-0.2, 0) is 0 Å². The average Bonchev–Trinajstić information content (AvgIpc) is 2.81. The Hall–Kier alpha value is -0.450. The van der Waals surface area contributed by atoms with Crippen LogP contribution in [0.15, 0.2) is 11.7 Å². The second-order valence-corrected chi connectivity index (χ2v) is 5.03. The van der Waals surface area contributed by atoms with E-state index in [1.165, 1.54) is 24.3 Å². The van der Waals surface area contributed by atoms with Crippen molar-refractivity contribution < 1.29 is 0 Å². The Kier molecular flexibility index (Phi) is 3.72. The molecule has 0 aliphatic carbocycles. The summed E-state index contributed by atoms with van der Waals surface area (Å²) >= 11 is 1.76. The fourth-order valence-electron chi connectivity index (χ4n) is 2.54. The van der Waals surface area contributed by atoms with Gasteiger partial charge >= 0.3 is 0 Å². The highest BCUT2D eigenvalue weighted by Gasteiger charge is 2.31. The van der Waals surface area contributed by atoms with E-state index in [1.54, 1.807) is 11.3 Å². The van der Waals surface area contributed by atoms with E-state index in [2.05, 4.69) is 16.8 Å². The summed E-state index contributed by atoms with van der Waals surface area (Å²) in [7, 11) is 0. The maximum absolute atomic E-state index is 5.87. The molecule has 2 heterocycles. The molecule has 15 heavy (non-hydrogen) atoms. The highest BCUT2D eigenvalue weighted by molar-refractivity contribution is 7.09. The zero-order valence-electron chi connectivity index (χ0n) is 9.22. The van der Waals surface area contributed by atoms with Gasteiger partial charge in [-0.2, -0.15) is 0 Å². The van der Waals surface area contributed by atoms with Gasteiger partial charge in [-0.05, 0) is 38.4 Å². The fraction of sp³-hybridized carbons (Fsp3) is 0.727. The highest BCUT2D eigenvalue weighted by atomic mass is 32.1. The molecule has 4 heteroatoms. The van der Waals surface area contributed by atoms with Crippen LogP contribution in [0.5, 0.6) is 0 Å². The van der Waals surface area contributed by atoms with Crippen molar-refractivity contribution in [1.29, 1.82) is 0 Å². The van der Waals surface area contributed by atoms with E-state index < -0.39 is 0 Å². The summed E-state index contributed by atoms with van der Waals surface area (Å²) in [5.74, 6) is 0.610. The van der Waals surface area contributed by atoms with Gasteiger partial charge in [0.25, 0.3) is 0 Å². The Bertz CT molecular complexity index is 274. The lowest BCUT2D eigenvalue weighted by molar-refractivity contribution is 0.104. The number of hydrogen-bond donors (Lipinski definition) is 1. The normalized spacial score (nSPS) is 28.1. The van der Waals surface area contributed by atoms with Crippen molar-refractivity contribution in [3.8, 4) is 0 Å². The maximum Gasteiger partial charge on any atom is 0.0794 e. The van der Waals surface area contributed by atoms with Crippen LogP contribution >= 0.6 is 11.3 Å². The maximum atomic E-state index is 5.87. The van der Waals surface area contributed by atoms with Gasteiger partial charge in [0.05, 0.1) is 5.51 Å². The van der Waals surface area contributed by atoms with E-state index in [0.29, 0.717) is 12.0 Å². The van der Waals surface area contributed by atoms with Gasteiger partial charge in [-0.3, -0.25) is 9.88 Å². The van der Waals surface area contributed by atoms with E-state index in [4.69, 9.17) is 5.73 Å². The lowest BCUT2D eigenvalue weighted by Gasteiger charge is -2.39. The second-order valence-electron chi connectivity index (χ2n) is 4.12. The van der Waals surface area contributed by atoms with Gasteiger partial charge in [-0.1, -0.05) is 6.92 Å². The van der Waals surface area contributed by atoms with E-state index >= 15 is 0 Å². The van der Waals surface area contributed by atoms with Crippen LogP contribution in [0.4, 0.5) is 0 Å². The molecule has 3 nitrogen and oxygen atoms in total. The van der Waals surface area contributed by atoms with Crippen molar-refractivity contribution in [2.24, 2.45) is 11.7 Å². The van der Waals surface area contributed by atoms with Gasteiger partial charge in [-0.25, -0.2) is 0 Å². The standard InChI is InChI=1S/C11H19N3S/c1-2-14-5-3-4-9(6-12)11(14)10-7-13-8-15-10/h7-9,11H,2-6,12H2,1H3. The molecule has 0 amide bonds. The Balaban J connectivity index is 2.20. The largest absolute Gasteiger partial charge is 0.330 e. The van der Waals surface area contributed by atoms with E-state index in [9.17, 15) is 0 Å². The fourth-order valence-corrected chi connectivity index (χ4v) is 3.38. The molecule has 0 aromatic carbocycles. The molecule has 0 bridgehead atoms. The van der Waals surface area contributed by atoms with Crippen LogP contribution in [0.2, 0.25) is 0 Å². The number of nitrogens with two attached hydrogens (primary N) is 1. The lowest BCUT2D eigenvalue weighted by atomic mass is 9.88. The third-order valence-corrected chi connectivity index (χ3v) is 4.16. The van der Waals surface area contributed by atoms with Crippen LogP contribution in [0.1, 0.15) is 30.7 Å². The first-order chi connectivity index (χ1) is 7.36. The Morgan fingerprint density at radius 3 is 3.13 bits per heavy atom. The summed E-state index contributed by atoms with van der Waals surface area (Å²) in [4.78, 5) is 8.10. The predicted octanol–water partition coefficient (Wildman–Crippen LogP) is 1.87. The minimum atomic E-state index is 0.515. The smallest absolute Gasteiger partial charge is 0.0794 e. The molecule has 2 unspecified atom stereocenters. The van der Waals surface area contributed by atoms with Crippen LogP contribution < -0.4 is 5.73 Å². The molecule has 1 fully saturated rings. The summed E-state index contributed by atoms with van der Waals surface area (Å²) in [6.45, 7) is 5.33. The minimum Gasteiger partial charge on any atom is -0.330 e. The number of nitrogens with zero attached hydrogens (tertiary/aromatic N) is 2. The topological polar surface area (TPSA) is 42.1 Å². The quantitative estimate of drug-likeness (QED) is 0.854. The number of piperidine rings is 1. The van der Waals surface area contributed by atoms with Crippen molar-refractivity contribution in [3.05, 3.63) is 16.6 Å². The van der Waals surface area contributed by atoms with Gasteiger partial charge in [-0.15, -0.1) is 11.3 Å². The number of thiazole rings is 1. The van der Waals surface area contributed by atoms with Crippen molar-refractivity contribution in [3.63, 3.8) is 0 Å². The molecule has 1 aliphatic heterocycles. The molecule has 0 spiro atoms. The summed E-state index contributed by atoms with van der Waals surface area (Å²) < 4.78 is 0. The van der Waals surface area contributed by atoms with Crippen LogP contribution in [0, 0.1) is 5.92 Å². The number of rotatable bonds is 3. The summed E-state index contributed by atoms with van der Waals surface area (Å²) in [5.41, 5.74) is 7.80. The average molecular weight is 225 g/mol. The highest BCUT2D eigenvalue weighted by Crippen LogP contribution is 2.36. The van der Waals surface area contributed by atoms with E-state index in [1.807, 2.05) is 11.7 Å². The van der Waals surface area contributed by atoms with Gasteiger partial charge in [0.1, 0.15) is 0 Å². The lowest BCUT2D eigenvalue weighted by Crippen LogP contribution is -2.41. The first-order valence-corrected chi connectivity index (χ1v) is 6.57. The Morgan fingerprint density at radius 1 is 1.67 bits per heavy atom. The molecule has 84 valence electrons. The molecule has 2 atom stereocenters. The molecular weight excluding hydrogens is 206 g/mol. The number of aromatic nitrogens is 1. The first kappa shape index (κ1) is 11.0. The summed E-state index contributed by atoms with van der Waals surface area (Å²) in [5, 5.41) is 0. The Morgan fingerprint density at radius 2 is 2.53 bits per heavy atom. The van der Waals surface area contributed by atoms with Crippen molar-refractivity contribution >= 4 is 11.3 Å². The van der Waals surface area contributed by atoms with Gasteiger partial charge < -0.3 is 5.73 Å². The van der Waals surface area contributed by atoms with Gasteiger partial charge in [0.2, 0.25) is 0 Å². The predicted molar refractivity (Wildman–Crippen MR) is 63.9 cm³/mol. The zero-order valence-corrected chi connectivity index (χ0v) is 10.0. The Labute approximate surface area is 95.3 Å². The van der Waals surface area contributed by atoms with Gasteiger partial charge in [0.15, 0.2) is 0 Å². The molecule has 0 saturated carbocycles. The van der Waals surface area contributed by atoms with Crippen LogP contribution in [-0.4, -0.2) is 29.5 Å². The van der Waals surface area contributed by atoms with Crippen molar-refractivity contribution in [2.45, 2.75) is 25.8 Å². The van der Waals surface area contributed by atoms with E-state index in [-0.39, 0.29) is 0 Å².